The van der Waals surface area contributed by atoms with Gasteiger partial charge >= 0.3 is 17.9 Å². The van der Waals surface area contributed by atoms with Crippen LogP contribution < -0.4 is 0 Å². The Kier molecular flexibility index (Phi) is 54.9. The van der Waals surface area contributed by atoms with Crippen molar-refractivity contribution in [3.05, 3.63) is 97.2 Å². The highest BCUT2D eigenvalue weighted by molar-refractivity contribution is 5.71. The van der Waals surface area contributed by atoms with E-state index in [4.69, 9.17) is 14.2 Å². The van der Waals surface area contributed by atoms with Crippen molar-refractivity contribution in [2.75, 3.05) is 13.2 Å². The Morgan fingerprint density at radius 1 is 0.300 bits per heavy atom. The molecule has 1 atom stereocenters. The van der Waals surface area contributed by atoms with Gasteiger partial charge in [-0.3, -0.25) is 14.4 Å². The number of ether oxygens (including phenoxy) is 3. The van der Waals surface area contributed by atoms with Gasteiger partial charge in [0.15, 0.2) is 6.10 Å². The predicted molar refractivity (Wildman–Crippen MR) is 302 cm³/mol. The van der Waals surface area contributed by atoms with Crippen molar-refractivity contribution in [2.24, 2.45) is 0 Å². The Labute approximate surface area is 432 Å². The second-order valence-corrected chi connectivity index (χ2v) is 19.2. The normalized spacial score (nSPS) is 12.8. The van der Waals surface area contributed by atoms with Gasteiger partial charge in [-0.1, -0.05) is 266 Å². The van der Waals surface area contributed by atoms with Crippen LogP contribution in [0.3, 0.4) is 0 Å². The molecule has 6 nitrogen and oxygen atoms in total. The number of hydrogen-bond donors (Lipinski definition) is 0. The first-order valence-electron chi connectivity index (χ1n) is 29.2. The summed E-state index contributed by atoms with van der Waals surface area (Å²) in [6, 6.07) is 0. The van der Waals surface area contributed by atoms with Crippen molar-refractivity contribution >= 4 is 17.9 Å². The Hall–Kier alpha value is -3.67. The minimum Gasteiger partial charge on any atom is -0.462 e. The third-order valence-corrected chi connectivity index (χ3v) is 12.4. The van der Waals surface area contributed by atoms with E-state index in [2.05, 4.69) is 118 Å². The van der Waals surface area contributed by atoms with Gasteiger partial charge < -0.3 is 14.2 Å². The fraction of sp³-hybridized carbons (Fsp3) is 0.703. The molecule has 0 aliphatic carbocycles. The molecule has 0 aliphatic heterocycles. The van der Waals surface area contributed by atoms with Crippen LogP contribution in [0.25, 0.3) is 0 Å². The van der Waals surface area contributed by atoms with Crippen LogP contribution in [0.15, 0.2) is 97.2 Å². The van der Waals surface area contributed by atoms with Crippen molar-refractivity contribution in [1.29, 1.82) is 0 Å². The fourth-order valence-electron chi connectivity index (χ4n) is 7.99. The smallest absolute Gasteiger partial charge is 0.306 e. The topological polar surface area (TPSA) is 78.9 Å². The maximum absolute atomic E-state index is 12.8. The molecule has 70 heavy (non-hydrogen) atoms. The predicted octanol–water partition coefficient (Wildman–Crippen LogP) is 19.7. The number of unbranched alkanes of at least 4 members (excludes halogenated alkanes) is 25. The molecule has 0 N–H and O–H groups in total. The number of rotatable bonds is 52. The molecular formula is C64H108O6. The third-order valence-electron chi connectivity index (χ3n) is 12.4. The molecule has 0 saturated carbocycles. The summed E-state index contributed by atoms with van der Waals surface area (Å²) in [7, 11) is 0. The molecule has 0 bridgehead atoms. The molecule has 0 aromatic carbocycles. The van der Waals surface area contributed by atoms with Crippen molar-refractivity contribution in [1.82, 2.24) is 0 Å². The average Bonchev–Trinajstić information content (AvgIpc) is 3.36. The van der Waals surface area contributed by atoms with Crippen molar-refractivity contribution < 1.29 is 28.6 Å². The van der Waals surface area contributed by atoms with Gasteiger partial charge in [0, 0.05) is 19.3 Å². The number of esters is 3. The van der Waals surface area contributed by atoms with E-state index in [1.54, 1.807) is 0 Å². The van der Waals surface area contributed by atoms with E-state index in [0.29, 0.717) is 19.3 Å². The van der Waals surface area contributed by atoms with E-state index in [9.17, 15) is 14.4 Å². The van der Waals surface area contributed by atoms with Crippen LogP contribution in [0, 0.1) is 0 Å². The van der Waals surface area contributed by atoms with Crippen LogP contribution >= 0.6 is 0 Å². The second kappa shape index (κ2) is 57.9. The molecule has 0 aliphatic rings. The SMILES string of the molecule is CC/C=C\C/C=C\C/C=C\C/C=C\C/C=C\C/C=C\C/C=C\C/C=C\CCCCCCC(=O)OCC(COC(=O)CCCCCCC)OC(=O)CCCCCCCCCCCCCCCCCCCC. The summed E-state index contributed by atoms with van der Waals surface area (Å²) < 4.78 is 16.7. The summed E-state index contributed by atoms with van der Waals surface area (Å²) in [5.41, 5.74) is 0. The molecular weight excluding hydrogens is 865 g/mol. The molecule has 0 fully saturated rings. The number of carbonyl (C=O) groups excluding carboxylic acids is 3. The highest BCUT2D eigenvalue weighted by Gasteiger charge is 2.19. The van der Waals surface area contributed by atoms with E-state index in [-0.39, 0.29) is 31.1 Å². The highest BCUT2D eigenvalue weighted by atomic mass is 16.6. The first-order valence-corrected chi connectivity index (χ1v) is 29.2. The Bertz CT molecular complexity index is 1400. The molecule has 0 saturated heterocycles. The Morgan fingerprint density at radius 2 is 0.557 bits per heavy atom. The highest BCUT2D eigenvalue weighted by Crippen LogP contribution is 2.16. The summed E-state index contributed by atoms with van der Waals surface area (Å²) in [5.74, 6) is -0.919. The van der Waals surface area contributed by atoms with Crippen LogP contribution in [0.1, 0.15) is 271 Å². The largest absolute Gasteiger partial charge is 0.462 e. The lowest BCUT2D eigenvalue weighted by Crippen LogP contribution is -2.30. The molecule has 0 radical (unpaired) electrons. The first kappa shape index (κ1) is 66.3. The Morgan fingerprint density at radius 3 is 0.871 bits per heavy atom. The van der Waals surface area contributed by atoms with Crippen LogP contribution in [-0.4, -0.2) is 37.2 Å². The van der Waals surface area contributed by atoms with Crippen molar-refractivity contribution in [2.45, 2.75) is 277 Å². The van der Waals surface area contributed by atoms with Gasteiger partial charge in [0.2, 0.25) is 0 Å². The zero-order chi connectivity index (χ0) is 50.7. The summed E-state index contributed by atoms with van der Waals surface area (Å²) in [6.45, 7) is 6.43. The molecule has 1 unspecified atom stereocenters. The molecule has 0 aromatic heterocycles. The number of hydrogen-bond acceptors (Lipinski definition) is 6. The van der Waals surface area contributed by atoms with Gasteiger partial charge in [0.1, 0.15) is 13.2 Å². The van der Waals surface area contributed by atoms with Gasteiger partial charge in [-0.05, 0) is 83.5 Å². The molecule has 0 heterocycles. The number of carbonyl (C=O) groups is 3. The van der Waals surface area contributed by atoms with Crippen molar-refractivity contribution in [3.63, 3.8) is 0 Å². The lowest BCUT2D eigenvalue weighted by molar-refractivity contribution is -0.167. The van der Waals surface area contributed by atoms with Gasteiger partial charge in [-0.25, -0.2) is 0 Å². The zero-order valence-electron chi connectivity index (χ0n) is 45.8. The minimum absolute atomic E-state index is 0.0846. The first-order chi connectivity index (χ1) is 34.5. The van der Waals surface area contributed by atoms with Crippen LogP contribution in [-0.2, 0) is 28.6 Å². The summed E-state index contributed by atoms with van der Waals surface area (Å²) >= 11 is 0. The zero-order valence-corrected chi connectivity index (χ0v) is 45.8. The quantitative estimate of drug-likeness (QED) is 0.0262. The summed E-state index contributed by atoms with van der Waals surface area (Å²) in [6.07, 6.45) is 77.3. The van der Waals surface area contributed by atoms with E-state index in [1.165, 1.54) is 103 Å². The van der Waals surface area contributed by atoms with E-state index >= 15 is 0 Å². The van der Waals surface area contributed by atoms with Gasteiger partial charge in [0.25, 0.3) is 0 Å². The maximum Gasteiger partial charge on any atom is 0.306 e. The van der Waals surface area contributed by atoms with E-state index in [1.807, 2.05) is 0 Å². The number of allylic oxidation sites excluding steroid dienone is 16. The maximum atomic E-state index is 12.8. The van der Waals surface area contributed by atoms with Gasteiger partial charge in [0.05, 0.1) is 0 Å². The molecule has 400 valence electrons. The fourth-order valence-corrected chi connectivity index (χ4v) is 7.99. The van der Waals surface area contributed by atoms with Gasteiger partial charge in [-0.2, -0.15) is 0 Å². The van der Waals surface area contributed by atoms with Crippen LogP contribution in [0.2, 0.25) is 0 Å². The molecule has 0 aromatic rings. The Balaban J connectivity index is 4.15. The van der Waals surface area contributed by atoms with Crippen molar-refractivity contribution in [3.8, 4) is 0 Å². The summed E-state index contributed by atoms with van der Waals surface area (Å²) in [4.78, 5) is 37.8. The van der Waals surface area contributed by atoms with E-state index < -0.39 is 6.10 Å². The average molecular weight is 974 g/mol. The molecule has 6 heteroatoms. The standard InChI is InChI=1S/C64H108O6/c1-4-7-10-13-15-17-19-21-23-25-27-28-29-30-31-32-33-34-35-36-37-39-40-42-44-46-48-51-54-57-63(66)69-60-61(59-68-62(65)56-53-50-12-9-6-3)70-64(67)58-55-52-49-47-45-43-41-38-26-24-22-20-18-16-14-11-8-5-2/h7,10,15,17,21,23,27-28,30-31,33-34,36-37,40,42,61H,4-6,8-9,11-14,16,18-20,22,24-26,29,32,35,38-39,41,43-60H2,1-3H3/b10-7-,17-15-,23-21-,28-27-,31-30-,34-33-,37-36-,42-40-. The monoisotopic (exact) mass is 973 g/mol. The van der Waals surface area contributed by atoms with Crippen LogP contribution in [0.5, 0.6) is 0 Å². The third kappa shape index (κ3) is 55.3. The minimum atomic E-state index is -0.783. The molecule has 0 spiro atoms. The lowest BCUT2D eigenvalue weighted by atomic mass is 10.0. The second-order valence-electron chi connectivity index (χ2n) is 19.2. The van der Waals surface area contributed by atoms with Gasteiger partial charge in [-0.15, -0.1) is 0 Å². The molecule has 0 rings (SSSR count). The summed E-state index contributed by atoms with van der Waals surface area (Å²) in [5, 5.41) is 0. The van der Waals surface area contributed by atoms with Crippen LogP contribution in [0.4, 0.5) is 0 Å². The lowest BCUT2D eigenvalue weighted by Gasteiger charge is -2.18. The molecule has 0 amide bonds. The van der Waals surface area contributed by atoms with E-state index in [0.717, 1.165) is 128 Å².